The normalized spacial score (nSPS) is 16.4. The summed E-state index contributed by atoms with van der Waals surface area (Å²) in [6.45, 7) is 2.32. The van der Waals surface area contributed by atoms with Gasteiger partial charge in [-0.1, -0.05) is 17.7 Å². The van der Waals surface area contributed by atoms with Gasteiger partial charge in [-0.25, -0.2) is 8.42 Å². The summed E-state index contributed by atoms with van der Waals surface area (Å²) in [4.78, 5) is 0.127. The van der Waals surface area contributed by atoms with Crippen molar-refractivity contribution in [1.29, 1.82) is 0 Å². The highest BCUT2D eigenvalue weighted by atomic mass is 35.5. The quantitative estimate of drug-likeness (QED) is 0.895. The molecule has 1 aliphatic heterocycles. The Morgan fingerprint density at radius 2 is 2.13 bits per heavy atom. The largest absolute Gasteiger partial charge is 0.381 e. The number of benzene rings is 1. The molecular formula is C15H18ClN3O3S. The first-order valence-corrected chi connectivity index (χ1v) is 9.28. The second kappa shape index (κ2) is 6.90. The Bertz CT molecular complexity index is 770. The molecule has 0 spiro atoms. The lowest BCUT2D eigenvalue weighted by Crippen LogP contribution is -2.20. The maximum Gasteiger partial charge on any atom is 0.262 e. The number of nitrogens with one attached hydrogen (secondary N) is 1. The van der Waals surface area contributed by atoms with Crippen molar-refractivity contribution < 1.29 is 13.2 Å². The second-order valence-corrected chi connectivity index (χ2v) is 7.69. The SMILES string of the molecule is O=S(=O)(Nc1cnn(CC2CCOCC2)c1)c1cccc(Cl)c1. The van der Waals surface area contributed by atoms with Crippen LogP contribution in [-0.2, 0) is 21.3 Å². The fourth-order valence-corrected chi connectivity index (χ4v) is 3.89. The molecule has 1 fully saturated rings. The number of rotatable bonds is 5. The number of ether oxygens (including phenoxy) is 1. The minimum atomic E-state index is -3.66. The molecule has 2 aromatic rings. The highest BCUT2D eigenvalue weighted by Gasteiger charge is 2.17. The van der Waals surface area contributed by atoms with Crippen molar-refractivity contribution in [3.05, 3.63) is 41.7 Å². The lowest BCUT2D eigenvalue weighted by atomic mass is 10.0. The molecule has 6 nitrogen and oxygen atoms in total. The van der Waals surface area contributed by atoms with Crippen LogP contribution in [0.5, 0.6) is 0 Å². The summed E-state index contributed by atoms with van der Waals surface area (Å²) in [5.41, 5.74) is 0.442. The summed E-state index contributed by atoms with van der Waals surface area (Å²) < 4.78 is 34.3. The van der Waals surface area contributed by atoms with Crippen LogP contribution >= 0.6 is 11.6 Å². The number of hydrogen-bond donors (Lipinski definition) is 1. The zero-order valence-electron chi connectivity index (χ0n) is 12.5. The van der Waals surface area contributed by atoms with Crippen LogP contribution in [0.3, 0.4) is 0 Å². The maximum absolute atomic E-state index is 12.3. The van der Waals surface area contributed by atoms with Gasteiger partial charge in [0, 0.05) is 31.0 Å². The number of sulfonamides is 1. The van der Waals surface area contributed by atoms with Crippen molar-refractivity contribution in [3.8, 4) is 0 Å². The van der Waals surface area contributed by atoms with Gasteiger partial charge in [-0.15, -0.1) is 0 Å². The van der Waals surface area contributed by atoms with E-state index < -0.39 is 10.0 Å². The van der Waals surface area contributed by atoms with E-state index in [0.717, 1.165) is 32.6 Å². The lowest BCUT2D eigenvalue weighted by molar-refractivity contribution is 0.0601. The van der Waals surface area contributed by atoms with Gasteiger partial charge in [-0.2, -0.15) is 5.10 Å². The van der Waals surface area contributed by atoms with Crippen molar-refractivity contribution in [2.75, 3.05) is 17.9 Å². The topological polar surface area (TPSA) is 73.2 Å². The van der Waals surface area contributed by atoms with Gasteiger partial charge in [-0.05, 0) is 37.0 Å². The monoisotopic (exact) mass is 355 g/mol. The third kappa shape index (κ3) is 4.25. The molecule has 0 radical (unpaired) electrons. The summed E-state index contributed by atoms with van der Waals surface area (Å²) in [5, 5.41) is 4.61. The molecule has 0 saturated carbocycles. The van der Waals surface area contributed by atoms with Gasteiger partial charge in [0.1, 0.15) is 0 Å². The molecule has 1 aliphatic rings. The van der Waals surface area contributed by atoms with Gasteiger partial charge in [0.05, 0.1) is 16.8 Å². The Kier molecular flexibility index (Phi) is 4.89. The highest BCUT2D eigenvalue weighted by Crippen LogP contribution is 2.20. The van der Waals surface area contributed by atoms with E-state index in [9.17, 15) is 8.42 Å². The maximum atomic E-state index is 12.3. The minimum Gasteiger partial charge on any atom is -0.381 e. The third-order valence-corrected chi connectivity index (χ3v) is 5.39. The van der Waals surface area contributed by atoms with Crippen molar-refractivity contribution in [2.45, 2.75) is 24.3 Å². The van der Waals surface area contributed by atoms with Crippen molar-refractivity contribution in [3.63, 3.8) is 0 Å². The molecule has 23 heavy (non-hydrogen) atoms. The molecule has 0 amide bonds. The smallest absolute Gasteiger partial charge is 0.262 e. The van der Waals surface area contributed by atoms with Crippen LogP contribution < -0.4 is 4.72 Å². The van der Waals surface area contributed by atoms with Gasteiger partial charge in [0.2, 0.25) is 0 Å². The van der Waals surface area contributed by atoms with E-state index in [-0.39, 0.29) is 4.90 Å². The van der Waals surface area contributed by atoms with Crippen LogP contribution in [0.15, 0.2) is 41.6 Å². The zero-order chi connectivity index (χ0) is 16.3. The number of anilines is 1. The summed E-state index contributed by atoms with van der Waals surface area (Å²) >= 11 is 5.85. The Labute approximate surface area is 140 Å². The second-order valence-electron chi connectivity index (χ2n) is 5.57. The summed E-state index contributed by atoms with van der Waals surface area (Å²) in [6.07, 6.45) is 5.23. The van der Waals surface area contributed by atoms with Crippen LogP contribution in [0.4, 0.5) is 5.69 Å². The third-order valence-electron chi connectivity index (χ3n) is 3.78. The van der Waals surface area contributed by atoms with Crippen LogP contribution in [0, 0.1) is 5.92 Å². The predicted octanol–water partition coefficient (Wildman–Crippen LogP) is 2.76. The summed E-state index contributed by atoms with van der Waals surface area (Å²) in [5.74, 6) is 0.515. The van der Waals surface area contributed by atoms with E-state index >= 15 is 0 Å². The summed E-state index contributed by atoms with van der Waals surface area (Å²) in [7, 11) is -3.66. The number of aromatic nitrogens is 2. The Hall–Kier alpha value is -1.57. The fourth-order valence-electron chi connectivity index (χ4n) is 2.56. The van der Waals surface area contributed by atoms with E-state index in [4.69, 9.17) is 16.3 Å². The molecule has 8 heteroatoms. The summed E-state index contributed by atoms with van der Waals surface area (Å²) in [6, 6.07) is 6.15. The van der Waals surface area contributed by atoms with Crippen molar-refractivity contribution >= 4 is 27.3 Å². The van der Waals surface area contributed by atoms with Gasteiger partial charge in [0.15, 0.2) is 0 Å². The molecule has 1 N–H and O–H groups in total. The van der Waals surface area contributed by atoms with E-state index in [1.54, 1.807) is 23.0 Å². The molecule has 124 valence electrons. The van der Waals surface area contributed by atoms with Gasteiger partial charge < -0.3 is 4.74 Å². The molecular weight excluding hydrogens is 338 g/mol. The van der Waals surface area contributed by atoms with Crippen LogP contribution in [0.25, 0.3) is 0 Å². The van der Waals surface area contributed by atoms with Gasteiger partial charge >= 0.3 is 0 Å². The first-order valence-electron chi connectivity index (χ1n) is 7.41. The fraction of sp³-hybridized carbons (Fsp3) is 0.400. The molecule has 1 aromatic carbocycles. The van der Waals surface area contributed by atoms with Crippen molar-refractivity contribution in [1.82, 2.24) is 9.78 Å². The van der Waals surface area contributed by atoms with E-state index in [0.29, 0.717) is 16.6 Å². The Morgan fingerprint density at radius 1 is 1.35 bits per heavy atom. The van der Waals surface area contributed by atoms with Crippen molar-refractivity contribution in [2.24, 2.45) is 5.92 Å². The molecule has 3 rings (SSSR count). The minimum absolute atomic E-state index is 0.127. The van der Waals surface area contributed by atoms with Gasteiger partial charge in [0.25, 0.3) is 10.0 Å². The first-order chi connectivity index (χ1) is 11.0. The lowest BCUT2D eigenvalue weighted by Gasteiger charge is -2.21. The molecule has 2 heterocycles. The predicted molar refractivity (Wildman–Crippen MR) is 88.0 cm³/mol. The zero-order valence-corrected chi connectivity index (χ0v) is 14.1. The standard InChI is InChI=1S/C15H18ClN3O3S/c16-13-2-1-3-15(8-13)23(20,21)18-14-9-17-19(11-14)10-12-4-6-22-7-5-12/h1-3,8-9,11-12,18H,4-7,10H2. The first kappa shape index (κ1) is 16.3. The number of nitrogens with zero attached hydrogens (tertiary/aromatic N) is 2. The van der Waals surface area contributed by atoms with Crippen LogP contribution in [0.1, 0.15) is 12.8 Å². The average molecular weight is 356 g/mol. The van der Waals surface area contributed by atoms with E-state index in [1.807, 2.05) is 0 Å². The highest BCUT2D eigenvalue weighted by molar-refractivity contribution is 7.92. The van der Waals surface area contributed by atoms with Crippen LogP contribution in [-0.4, -0.2) is 31.4 Å². The molecule has 1 saturated heterocycles. The van der Waals surface area contributed by atoms with E-state index in [2.05, 4.69) is 9.82 Å². The molecule has 1 aromatic heterocycles. The molecule has 0 bridgehead atoms. The molecule has 0 unspecified atom stereocenters. The molecule has 0 aliphatic carbocycles. The number of halogens is 1. The Morgan fingerprint density at radius 3 is 2.87 bits per heavy atom. The molecule has 0 atom stereocenters. The van der Waals surface area contributed by atoms with Gasteiger partial charge in [-0.3, -0.25) is 9.40 Å². The Balaban J connectivity index is 1.68. The average Bonchev–Trinajstić information content (AvgIpc) is 2.94. The number of hydrogen-bond acceptors (Lipinski definition) is 4. The van der Waals surface area contributed by atoms with E-state index in [1.165, 1.54) is 18.3 Å². The van der Waals surface area contributed by atoms with Crippen LogP contribution in [0.2, 0.25) is 5.02 Å².